The smallest absolute Gasteiger partial charge is 0.238 e. The predicted octanol–water partition coefficient (Wildman–Crippen LogP) is 3.58. The summed E-state index contributed by atoms with van der Waals surface area (Å²) in [5.74, 6) is 0.0611. The van der Waals surface area contributed by atoms with E-state index in [2.05, 4.69) is 16.7 Å². The maximum atomic E-state index is 12.5. The average molecular weight is 323 g/mol. The lowest BCUT2D eigenvalue weighted by Crippen LogP contribution is -2.37. The lowest BCUT2D eigenvalue weighted by atomic mass is 9.95. The largest absolute Gasteiger partial charge is 0.324 e. The molecule has 0 spiro atoms. The minimum Gasteiger partial charge on any atom is -0.324 e. The minimum absolute atomic E-state index is 0.0611. The molecule has 24 heavy (non-hydrogen) atoms. The number of benzene rings is 1. The first-order valence-electron chi connectivity index (χ1n) is 9.25. The zero-order chi connectivity index (χ0) is 16.4. The molecule has 4 heteroatoms. The Balaban J connectivity index is 1.52. The molecule has 2 aliphatic carbocycles. The Morgan fingerprint density at radius 1 is 1.08 bits per heavy atom. The van der Waals surface area contributed by atoms with Gasteiger partial charge in [-0.15, -0.1) is 0 Å². The fourth-order valence-corrected chi connectivity index (χ4v) is 4.08. The first-order chi connectivity index (χ1) is 11.8. The van der Waals surface area contributed by atoms with Crippen LogP contribution in [-0.2, 0) is 17.6 Å². The quantitative estimate of drug-likeness (QED) is 0.904. The third-order valence-corrected chi connectivity index (χ3v) is 5.34. The molecule has 1 amide bonds. The third kappa shape index (κ3) is 3.16. The number of para-hydroxylation sites is 1. The number of aryl methyl sites for hydroxylation is 1. The Morgan fingerprint density at radius 2 is 1.92 bits per heavy atom. The highest BCUT2D eigenvalue weighted by Crippen LogP contribution is 2.33. The van der Waals surface area contributed by atoms with Gasteiger partial charge < -0.3 is 10.6 Å². The highest BCUT2D eigenvalue weighted by atomic mass is 16.1. The van der Waals surface area contributed by atoms with Crippen molar-refractivity contribution in [1.82, 2.24) is 10.3 Å². The van der Waals surface area contributed by atoms with E-state index in [-0.39, 0.29) is 5.91 Å². The van der Waals surface area contributed by atoms with Gasteiger partial charge in [0, 0.05) is 17.1 Å². The van der Waals surface area contributed by atoms with Gasteiger partial charge in [0.05, 0.1) is 17.7 Å². The lowest BCUT2D eigenvalue weighted by Gasteiger charge is -2.22. The van der Waals surface area contributed by atoms with E-state index in [4.69, 9.17) is 4.98 Å². The minimum atomic E-state index is 0.0611. The van der Waals surface area contributed by atoms with Crippen molar-refractivity contribution in [2.75, 3.05) is 11.9 Å². The Kier molecular flexibility index (Phi) is 4.48. The number of hydrogen-bond acceptors (Lipinski definition) is 3. The lowest BCUT2D eigenvalue weighted by molar-refractivity contribution is -0.115. The first kappa shape index (κ1) is 15.6. The van der Waals surface area contributed by atoms with Crippen molar-refractivity contribution in [2.45, 2.75) is 57.4 Å². The Morgan fingerprint density at radius 3 is 2.79 bits per heavy atom. The van der Waals surface area contributed by atoms with Crippen LogP contribution in [0.4, 0.5) is 5.69 Å². The molecule has 0 saturated heterocycles. The van der Waals surface area contributed by atoms with Gasteiger partial charge in [-0.1, -0.05) is 37.5 Å². The van der Waals surface area contributed by atoms with Crippen LogP contribution in [0, 0.1) is 0 Å². The van der Waals surface area contributed by atoms with Crippen molar-refractivity contribution < 1.29 is 4.79 Å². The monoisotopic (exact) mass is 323 g/mol. The summed E-state index contributed by atoms with van der Waals surface area (Å²) in [6.45, 7) is 0.399. The molecule has 1 fully saturated rings. The number of nitrogens with one attached hydrogen (secondary N) is 2. The van der Waals surface area contributed by atoms with Crippen LogP contribution in [0.2, 0.25) is 0 Å². The topological polar surface area (TPSA) is 54.0 Å². The fraction of sp³-hybridized carbons (Fsp3) is 0.500. The highest BCUT2D eigenvalue weighted by Gasteiger charge is 2.21. The van der Waals surface area contributed by atoms with E-state index < -0.39 is 0 Å². The van der Waals surface area contributed by atoms with Crippen molar-refractivity contribution in [2.24, 2.45) is 0 Å². The SMILES string of the molecule is O=C(CNC1CCCCC1)Nc1c2c(nc3ccccc13)CCC2. The summed E-state index contributed by atoms with van der Waals surface area (Å²) in [5.41, 5.74) is 4.36. The fourth-order valence-electron chi connectivity index (χ4n) is 4.08. The van der Waals surface area contributed by atoms with E-state index in [0.717, 1.165) is 41.5 Å². The number of fused-ring (bicyclic) bond motifs is 2. The molecule has 126 valence electrons. The van der Waals surface area contributed by atoms with Crippen LogP contribution in [-0.4, -0.2) is 23.5 Å². The molecule has 1 aromatic carbocycles. The summed E-state index contributed by atoms with van der Waals surface area (Å²) in [5, 5.41) is 7.67. The first-order valence-corrected chi connectivity index (χ1v) is 9.25. The van der Waals surface area contributed by atoms with Gasteiger partial charge in [-0.2, -0.15) is 0 Å². The van der Waals surface area contributed by atoms with Crippen molar-refractivity contribution in [3.63, 3.8) is 0 Å². The number of carbonyl (C=O) groups excluding carboxylic acids is 1. The van der Waals surface area contributed by atoms with Gasteiger partial charge in [0.25, 0.3) is 0 Å². The zero-order valence-corrected chi connectivity index (χ0v) is 14.1. The Bertz CT molecular complexity index is 750. The van der Waals surface area contributed by atoms with Crippen LogP contribution in [0.25, 0.3) is 10.9 Å². The zero-order valence-electron chi connectivity index (χ0n) is 14.1. The number of carbonyl (C=O) groups is 1. The number of anilines is 1. The molecule has 0 radical (unpaired) electrons. The molecule has 4 nitrogen and oxygen atoms in total. The van der Waals surface area contributed by atoms with Crippen molar-refractivity contribution in [3.8, 4) is 0 Å². The van der Waals surface area contributed by atoms with Crippen LogP contribution in [0.1, 0.15) is 49.8 Å². The van der Waals surface area contributed by atoms with Crippen LogP contribution in [0.15, 0.2) is 24.3 Å². The van der Waals surface area contributed by atoms with Gasteiger partial charge in [-0.25, -0.2) is 0 Å². The van der Waals surface area contributed by atoms with E-state index in [1.165, 1.54) is 37.7 Å². The maximum Gasteiger partial charge on any atom is 0.238 e. The number of nitrogens with zero attached hydrogens (tertiary/aromatic N) is 1. The van der Waals surface area contributed by atoms with Gasteiger partial charge in [0.1, 0.15) is 0 Å². The van der Waals surface area contributed by atoms with Crippen LogP contribution in [0.3, 0.4) is 0 Å². The molecule has 0 aliphatic heterocycles. The third-order valence-electron chi connectivity index (χ3n) is 5.34. The second-order valence-electron chi connectivity index (χ2n) is 7.05. The van der Waals surface area contributed by atoms with E-state index >= 15 is 0 Å². The van der Waals surface area contributed by atoms with E-state index in [0.29, 0.717) is 12.6 Å². The summed E-state index contributed by atoms with van der Waals surface area (Å²) in [6.07, 6.45) is 9.44. The number of pyridine rings is 1. The van der Waals surface area contributed by atoms with Crippen LogP contribution < -0.4 is 10.6 Å². The van der Waals surface area contributed by atoms with E-state index in [9.17, 15) is 4.79 Å². The summed E-state index contributed by atoms with van der Waals surface area (Å²) in [6, 6.07) is 8.62. The second-order valence-corrected chi connectivity index (χ2v) is 7.05. The Hall–Kier alpha value is -1.94. The molecule has 0 unspecified atom stereocenters. The molecular weight excluding hydrogens is 298 g/mol. The number of aromatic nitrogens is 1. The Labute approximate surface area is 143 Å². The molecule has 2 aromatic rings. The maximum absolute atomic E-state index is 12.5. The van der Waals surface area contributed by atoms with E-state index in [1.807, 2.05) is 18.2 Å². The van der Waals surface area contributed by atoms with Crippen LogP contribution in [0.5, 0.6) is 0 Å². The molecule has 2 aliphatic rings. The predicted molar refractivity (Wildman–Crippen MR) is 97.3 cm³/mol. The highest BCUT2D eigenvalue weighted by molar-refractivity contribution is 6.03. The van der Waals surface area contributed by atoms with Gasteiger partial charge in [-0.3, -0.25) is 9.78 Å². The molecule has 1 saturated carbocycles. The van der Waals surface area contributed by atoms with Crippen molar-refractivity contribution >= 4 is 22.5 Å². The molecule has 4 rings (SSSR count). The van der Waals surface area contributed by atoms with Gasteiger partial charge in [0.2, 0.25) is 5.91 Å². The normalized spacial score (nSPS) is 17.8. The molecule has 0 atom stereocenters. The summed E-state index contributed by atoms with van der Waals surface area (Å²) in [7, 11) is 0. The molecular formula is C20H25N3O. The van der Waals surface area contributed by atoms with Gasteiger partial charge >= 0.3 is 0 Å². The standard InChI is InChI=1S/C20H25N3O/c24-19(13-21-14-7-2-1-3-8-14)23-20-15-9-4-5-11-17(15)22-18-12-6-10-16(18)20/h4-5,9,11,14,21H,1-3,6-8,10,12-13H2,(H,22,23,24). The van der Waals surface area contributed by atoms with Gasteiger partial charge in [0.15, 0.2) is 0 Å². The molecule has 0 bridgehead atoms. The molecule has 1 heterocycles. The number of rotatable bonds is 4. The second kappa shape index (κ2) is 6.89. The summed E-state index contributed by atoms with van der Waals surface area (Å²) in [4.78, 5) is 17.3. The van der Waals surface area contributed by atoms with Crippen molar-refractivity contribution in [3.05, 3.63) is 35.5 Å². The number of hydrogen-bond donors (Lipinski definition) is 2. The van der Waals surface area contributed by atoms with Crippen LogP contribution >= 0.6 is 0 Å². The summed E-state index contributed by atoms with van der Waals surface area (Å²) >= 11 is 0. The average Bonchev–Trinajstić information content (AvgIpc) is 3.09. The molecule has 1 aromatic heterocycles. The van der Waals surface area contributed by atoms with Gasteiger partial charge in [-0.05, 0) is 43.7 Å². The summed E-state index contributed by atoms with van der Waals surface area (Å²) < 4.78 is 0. The van der Waals surface area contributed by atoms with Crippen molar-refractivity contribution in [1.29, 1.82) is 0 Å². The molecule has 2 N–H and O–H groups in total. The van der Waals surface area contributed by atoms with E-state index in [1.54, 1.807) is 0 Å². The number of amides is 1.